The normalized spacial score (nSPS) is 12.2. The van der Waals surface area contributed by atoms with Gasteiger partial charge in [-0.1, -0.05) is 29.8 Å². The van der Waals surface area contributed by atoms with Gasteiger partial charge < -0.3 is 10.1 Å². The number of aryl methyl sites for hydroxylation is 1. The predicted octanol–water partition coefficient (Wildman–Crippen LogP) is 2.72. The second-order valence-electron chi connectivity index (χ2n) is 6.38. The summed E-state index contributed by atoms with van der Waals surface area (Å²) in [6.45, 7) is 3.03. The van der Waals surface area contributed by atoms with Gasteiger partial charge >= 0.3 is 5.97 Å². The van der Waals surface area contributed by atoms with Crippen molar-refractivity contribution < 1.29 is 27.1 Å². The lowest BCUT2D eigenvalue weighted by atomic mass is 10.1. The molecule has 0 spiro atoms. The molecule has 0 saturated heterocycles. The van der Waals surface area contributed by atoms with Crippen LogP contribution in [0.25, 0.3) is 0 Å². The number of hydrogen-bond donors (Lipinski definition) is 1. The molecule has 150 valence electrons. The van der Waals surface area contributed by atoms with Crippen LogP contribution in [0.2, 0.25) is 0 Å². The summed E-state index contributed by atoms with van der Waals surface area (Å²) in [4.78, 5) is 23.8. The molecule has 6 nitrogen and oxygen atoms in total. The van der Waals surface area contributed by atoms with Gasteiger partial charge in [0.1, 0.15) is 5.82 Å². The average molecular weight is 407 g/mol. The lowest BCUT2D eigenvalue weighted by Crippen LogP contribution is -2.31. The van der Waals surface area contributed by atoms with Crippen LogP contribution in [0.4, 0.5) is 4.39 Å². The predicted molar refractivity (Wildman–Crippen MR) is 102 cm³/mol. The Hall–Kier alpha value is -2.74. The first kappa shape index (κ1) is 21.6. The van der Waals surface area contributed by atoms with Crippen LogP contribution in [0.3, 0.4) is 0 Å². The zero-order chi connectivity index (χ0) is 20.7. The summed E-state index contributed by atoms with van der Waals surface area (Å²) in [5.41, 5.74) is 1.63. The molecular weight excluding hydrogens is 385 g/mol. The average Bonchev–Trinajstić information content (AvgIpc) is 2.65. The number of halogens is 1. The lowest BCUT2D eigenvalue weighted by molar-refractivity contribution is -0.148. The fourth-order valence-corrected chi connectivity index (χ4v) is 3.64. The van der Waals surface area contributed by atoms with Gasteiger partial charge in [0.15, 0.2) is 16.4 Å². The second kappa shape index (κ2) is 9.45. The Morgan fingerprint density at radius 3 is 2.29 bits per heavy atom. The molecule has 2 rings (SSSR count). The number of benzene rings is 2. The Morgan fingerprint density at radius 1 is 1.07 bits per heavy atom. The quantitative estimate of drug-likeness (QED) is 0.680. The van der Waals surface area contributed by atoms with Gasteiger partial charge in [-0.15, -0.1) is 0 Å². The molecule has 0 heterocycles. The van der Waals surface area contributed by atoms with E-state index in [9.17, 15) is 22.4 Å². The standard InChI is InChI=1S/C20H22FNO5S/c1-14-3-9-18(10-4-14)28(25,26)12-11-20(24)27-13-19(23)22-15(2)16-5-7-17(21)8-6-16/h3-10,15H,11-13H2,1-2H3,(H,22,23)/t15-/m0/s1. The lowest BCUT2D eigenvalue weighted by Gasteiger charge is -2.14. The number of nitrogens with one attached hydrogen (secondary N) is 1. The van der Waals surface area contributed by atoms with Gasteiger partial charge in [-0.3, -0.25) is 9.59 Å². The molecule has 0 bridgehead atoms. The third-order valence-electron chi connectivity index (χ3n) is 4.07. The monoisotopic (exact) mass is 407 g/mol. The number of sulfone groups is 1. The fraction of sp³-hybridized carbons (Fsp3) is 0.300. The van der Waals surface area contributed by atoms with E-state index in [0.717, 1.165) is 5.56 Å². The highest BCUT2D eigenvalue weighted by Gasteiger charge is 2.18. The molecule has 8 heteroatoms. The Bertz CT molecular complexity index is 924. The van der Waals surface area contributed by atoms with Crippen molar-refractivity contribution in [2.24, 2.45) is 0 Å². The molecule has 1 amide bonds. The van der Waals surface area contributed by atoms with Crippen LogP contribution < -0.4 is 5.32 Å². The maximum atomic E-state index is 12.9. The summed E-state index contributed by atoms with van der Waals surface area (Å²) in [5, 5.41) is 2.62. The molecule has 1 N–H and O–H groups in total. The van der Waals surface area contributed by atoms with Crippen LogP contribution in [0.5, 0.6) is 0 Å². The highest BCUT2D eigenvalue weighted by atomic mass is 32.2. The van der Waals surface area contributed by atoms with Crippen molar-refractivity contribution in [2.45, 2.75) is 31.2 Å². The highest BCUT2D eigenvalue weighted by molar-refractivity contribution is 7.91. The maximum Gasteiger partial charge on any atom is 0.307 e. The first-order chi connectivity index (χ1) is 13.2. The largest absolute Gasteiger partial charge is 0.456 e. The third kappa shape index (κ3) is 6.45. The number of carbonyl (C=O) groups is 2. The summed E-state index contributed by atoms with van der Waals surface area (Å²) in [5.74, 6) is -2.09. The van der Waals surface area contributed by atoms with Crippen molar-refractivity contribution >= 4 is 21.7 Å². The van der Waals surface area contributed by atoms with Crippen molar-refractivity contribution in [3.05, 3.63) is 65.5 Å². The minimum absolute atomic E-state index is 0.136. The molecule has 1 atom stereocenters. The van der Waals surface area contributed by atoms with E-state index in [1.165, 1.54) is 24.3 Å². The van der Waals surface area contributed by atoms with Crippen molar-refractivity contribution in [3.63, 3.8) is 0 Å². The Kier molecular flexibility index (Phi) is 7.28. The van der Waals surface area contributed by atoms with E-state index in [0.29, 0.717) is 5.56 Å². The van der Waals surface area contributed by atoms with E-state index in [-0.39, 0.29) is 17.1 Å². The molecule has 0 fully saturated rings. The van der Waals surface area contributed by atoms with E-state index < -0.39 is 40.1 Å². The molecule has 0 aliphatic carbocycles. The maximum absolute atomic E-state index is 12.9. The van der Waals surface area contributed by atoms with E-state index in [1.54, 1.807) is 31.2 Å². The summed E-state index contributed by atoms with van der Waals surface area (Å²) in [7, 11) is -3.60. The molecular formula is C20H22FNO5S. The van der Waals surface area contributed by atoms with Gasteiger partial charge in [0.25, 0.3) is 5.91 Å². The van der Waals surface area contributed by atoms with Crippen molar-refractivity contribution in [3.8, 4) is 0 Å². The number of amides is 1. The summed E-state index contributed by atoms with van der Waals surface area (Å²) in [6.07, 6.45) is -0.350. The fourth-order valence-electron chi connectivity index (χ4n) is 2.42. The van der Waals surface area contributed by atoms with Crippen LogP contribution in [-0.2, 0) is 24.2 Å². The molecule has 0 aliphatic rings. The summed E-state index contributed by atoms with van der Waals surface area (Å²) in [6, 6.07) is 11.6. The van der Waals surface area contributed by atoms with Crippen LogP contribution in [0.15, 0.2) is 53.4 Å². The SMILES string of the molecule is Cc1ccc(S(=O)(=O)CCC(=O)OCC(=O)N[C@@H](C)c2ccc(F)cc2)cc1. The zero-order valence-corrected chi connectivity index (χ0v) is 16.5. The number of rotatable bonds is 8. The van der Waals surface area contributed by atoms with Gasteiger partial charge in [0.2, 0.25) is 0 Å². The highest BCUT2D eigenvalue weighted by Crippen LogP contribution is 2.14. The smallest absolute Gasteiger partial charge is 0.307 e. The van der Waals surface area contributed by atoms with Crippen molar-refractivity contribution in [1.29, 1.82) is 0 Å². The van der Waals surface area contributed by atoms with Gasteiger partial charge in [-0.05, 0) is 43.7 Å². The third-order valence-corrected chi connectivity index (χ3v) is 5.80. The topological polar surface area (TPSA) is 89.5 Å². The Morgan fingerprint density at radius 2 is 1.68 bits per heavy atom. The van der Waals surface area contributed by atoms with E-state index in [2.05, 4.69) is 5.32 Å². The second-order valence-corrected chi connectivity index (χ2v) is 8.49. The Balaban J connectivity index is 1.77. The van der Waals surface area contributed by atoms with Crippen LogP contribution in [0.1, 0.15) is 30.5 Å². The number of carbonyl (C=O) groups excluding carboxylic acids is 2. The van der Waals surface area contributed by atoms with Crippen LogP contribution >= 0.6 is 0 Å². The van der Waals surface area contributed by atoms with E-state index in [1.807, 2.05) is 6.92 Å². The summed E-state index contributed by atoms with van der Waals surface area (Å²) >= 11 is 0. The van der Waals surface area contributed by atoms with Gasteiger partial charge in [0, 0.05) is 0 Å². The molecule has 0 aromatic heterocycles. The number of ether oxygens (including phenoxy) is 1. The minimum atomic E-state index is -3.60. The first-order valence-corrected chi connectivity index (χ1v) is 10.3. The van der Waals surface area contributed by atoms with E-state index >= 15 is 0 Å². The van der Waals surface area contributed by atoms with Gasteiger partial charge in [-0.25, -0.2) is 12.8 Å². The summed E-state index contributed by atoms with van der Waals surface area (Å²) < 4.78 is 42.1. The van der Waals surface area contributed by atoms with Crippen molar-refractivity contribution in [1.82, 2.24) is 5.32 Å². The molecule has 2 aromatic carbocycles. The molecule has 0 saturated carbocycles. The molecule has 0 radical (unpaired) electrons. The molecule has 0 unspecified atom stereocenters. The van der Waals surface area contributed by atoms with Crippen LogP contribution in [0, 0.1) is 12.7 Å². The minimum Gasteiger partial charge on any atom is -0.456 e. The number of hydrogen-bond acceptors (Lipinski definition) is 5. The first-order valence-electron chi connectivity index (χ1n) is 8.67. The number of esters is 1. The Labute approximate surface area is 163 Å². The molecule has 0 aliphatic heterocycles. The molecule has 28 heavy (non-hydrogen) atoms. The van der Waals surface area contributed by atoms with E-state index in [4.69, 9.17) is 4.74 Å². The molecule has 2 aromatic rings. The van der Waals surface area contributed by atoms with Gasteiger partial charge in [-0.2, -0.15) is 0 Å². The van der Waals surface area contributed by atoms with Crippen LogP contribution in [-0.4, -0.2) is 32.7 Å². The van der Waals surface area contributed by atoms with Crippen molar-refractivity contribution in [2.75, 3.05) is 12.4 Å². The zero-order valence-electron chi connectivity index (χ0n) is 15.6. The van der Waals surface area contributed by atoms with Gasteiger partial charge in [0.05, 0.1) is 23.1 Å².